The molecule has 1 aromatic rings. The highest BCUT2D eigenvalue weighted by molar-refractivity contribution is 5.25. The molecular weight excluding hydrogens is 232 g/mol. The summed E-state index contributed by atoms with van der Waals surface area (Å²) in [5, 5.41) is 0. The van der Waals surface area contributed by atoms with E-state index in [-0.39, 0.29) is 0 Å². The average molecular weight is 260 g/mol. The summed E-state index contributed by atoms with van der Waals surface area (Å²) >= 11 is 0. The number of nitrogens with two attached hydrogens (primary N) is 1. The first kappa shape index (κ1) is 14.5. The minimum Gasteiger partial charge on any atom is -0.330 e. The minimum absolute atomic E-state index is 0.783. The van der Waals surface area contributed by atoms with Crippen LogP contribution in [-0.4, -0.2) is 25.0 Å². The maximum atomic E-state index is 5.55. The van der Waals surface area contributed by atoms with Gasteiger partial charge in [0.25, 0.3) is 0 Å². The van der Waals surface area contributed by atoms with Gasteiger partial charge in [-0.05, 0) is 56.4 Å². The molecule has 106 valence electrons. The topological polar surface area (TPSA) is 29.3 Å². The van der Waals surface area contributed by atoms with E-state index in [9.17, 15) is 0 Å². The fraction of sp³-hybridized carbons (Fsp3) is 0.647. The van der Waals surface area contributed by atoms with E-state index in [2.05, 4.69) is 36.2 Å². The second kappa shape index (κ2) is 7.66. The Morgan fingerprint density at radius 3 is 2.42 bits per heavy atom. The van der Waals surface area contributed by atoms with Crippen LogP contribution >= 0.6 is 0 Å². The van der Waals surface area contributed by atoms with Crippen LogP contribution in [0.25, 0.3) is 0 Å². The summed E-state index contributed by atoms with van der Waals surface area (Å²) in [6.45, 7) is 2.90. The molecule has 1 aromatic carbocycles. The van der Waals surface area contributed by atoms with Gasteiger partial charge in [0.1, 0.15) is 0 Å². The van der Waals surface area contributed by atoms with E-state index in [1.165, 1.54) is 37.7 Å². The Morgan fingerprint density at radius 1 is 1.11 bits per heavy atom. The van der Waals surface area contributed by atoms with Gasteiger partial charge in [0.15, 0.2) is 0 Å². The van der Waals surface area contributed by atoms with Gasteiger partial charge in [-0.1, -0.05) is 43.5 Å². The maximum absolute atomic E-state index is 5.55. The van der Waals surface area contributed by atoms with Gasteiger partial charge in [-0.2, -0.15) is 0 Å². The lowest BCUT2D eigenvalue weighted by molar-refractivity contribution is 0.324. The zero-order valence-corrected chi connectivity index (χ0v) is 12.3. The predicted octanol–water partition coefficient (Wildman–Crippen LogP) is 3.51. The summed E-state index contributed by atoms with van der Waals surface area (Å²) in [6, 6.07) is 9.32. The molecule has 1 aliphatic carbocycles. The Kier molecular flexibility index (Phi) is 5.87. The summed E-state index contributed by atoms with van der Waals surface area (Å²) in [4.78, 5) is 2.35. The highest BCUT2D eigenvalue weighted by Gasteiger charge is 2.15. The number of rotatable bonds is 6. The normalized spacial score (nSPS) is 17.0. The second-order valence-electron chi connectivity index (χ2n) is 5.96. The summed E-state index contributed by atoms with van der Waals surface area (Å²) < 4.78 is 0. The van der Waals surface area contributed by atoms with Crippen molar-refractivity contribution in [2.24, 2.45) is 5.73 Å². The molecule has 1 saturated carbocycles. The van der Waals surface area contributed by atoms with Crippen molar-refractivity contribution in [3.63, 3.8) is 0 Å². The molecule has 0 amide bonds. The van der Waals surface area contributed by atoms with Gasteiger partial charge in [-0.15, -0.1) is 0 Å². The second-order valence-corrected chi connectivity index (χ2v) is 5.96. The number of nitrogens with zero attached hydrogens (tertiary/aromatic N) is 1. The van der Waals surface area contributed by atoms with E-state index in [0.717, 1.165) is 32.0 Å². The molecule has 0 aliphatic heterocycles. The largest absolute Gasteiger partial charge is 0.330 e. The van der Waals surface area contributed by atoms with Crippen LogP contribution in [-0.2, 0) is 6.54 Å². The molecule has 2 N–H and O–H groups in total. The van der Waals surface area contributed by atoms with E-state index in [0.29, 0.717) is 0 Å². The molecule has 0 heterocycles. The van der Waals surface area contributed by atoms with Gasteiger partial charge in [0.2, 0.25) is 0 Å². The maximum Gasteiger partial charge on any atom is 0.0230 e. The Balaban J connectivity index is 1.86. The molecular formula is C17H28N2. The third-order valence-corrected chi connectivity index (χ3v) is 4.25. The first-order chi connectivity index (χ1) is 9.29. The highest BCUT2D eigenvalue weighted by atomic mass is 15.1. The Bertz CT molecular complexity index is 352. The van der Waals surface area contributed by atoms with Gasteiger partial charge in [0.05, 0.1) is 0 Å². The van der Waals surface area contributed by atoms with Gasteiger partial charge in [-0.25, -0.2) is 0 Å². The Hall–Kier alpha value is -0.860. The fourth-order valence-corrected chi connectivity index (χ4v) is 3.08. The van der Waals surface area contributed by atoms with E-state index >= 15 is 0 Å². The lowest BCUT2D eigenvalue weighted by Crippen LogP contribution is -2.21. The van der Waals surface area contributed by atoms with Gasteiger partial charge in [-0.3, -0.25) is 0 Å². The lowest BCUT2D eigenvalue weighted by Gasteiger charge is -2.22. The van der Waals surface area contributed by atoms with Gasteiger partial charge < -0.3 is 10.6 Å². The molecule has 0 saturated heterocycles. The van der Waals surface area contributed by atoms with Crippen molar-refractivity contribution in [3.8, 4) is 0 Å². The lowest BCUT2D eigenvalue weighted by atomic mass is 9.84. The molecule has 0 bridgehead atoms. The first-order valence-corrected chi connectivity index (χ1v) is 7.77. The molecule has 0 unspecified atom stereocenters. The van der Waals surface area contributed by atoms with Crippen LogP contribution in [0, 0.1) is 0 Å². The quantitative estimate of drug-likeness (QED) is 0.848. The van der Waals surface area contributed by atoms with Gasteiger partial charge >= 0.3 is 0 Å². The smallest absolute Gasteiger partial charge is 0.0230 e. The van der Waals surface area contributed by atoms with Crippen LogP contribution in [0.3, 0.4) is 0 Å². The standard InChI is InChI=1S/C17H28N2/c1-19(13-5-12-18)14-15-8-10-17(11-9-15)16-6-3-2-4-7-16/h8-11,16H,2-7,12-14,18H2,1H3. The van der Waals surface area contributed by atoms with E-state index in [1.807, 2.05) is 0 Å². The number of benzene rings is 1. The van der Waals surface area contributed by atoms with Crippen molar-refractivity contribution in [2.75, 3.05) is 20.1 Å². The summed E-state index contributed by atoms with van der Waals surface area (Å²) in [7, 11) is 2.17. The highest BCUT2D eigenvalue weighted by Crippen LogP contribution is 2.32. The van der Waals surface area contributed by atoms with Crippen LogP contribution in [0.1, 0.15) is 55.6 Å². The van der Waals surface area contributed by atoms with E-state index in [4.69, 9.17) is 5.73 Å². The van der Waals surface area contributed by atoms with Crippen LogP contribution in [0.4, 0.5) is 0 Å². The summed E-state index contributed by atoms with van der Waals surface area (Å²) in [5.41, 5.74) is 8.51. The Morgan fingerprint density at radius 2 is 1.79 bits per heavy atom. The zero-order valence-electron chi connectivity index (χ0n) is 12.3. The van der Waals surface area contributed by atoms with Crippen molar-refractivity contribution in [2.45, 2.75) is 51.0 Å². The van der Waals surface area contributed by atoms with Crippen LogP contribution in [0.15, 0.2) is 24.3 Å². The van der Waals surface area contributed by atoms with Crippen molar-refractivity contribution in [3.05, 3.63) is 35.4 Å². The van der Waals surface area contributed by atoms with Crippen molar-refractivity contribution >= 4 is 0 Å². The van der Waals surface area contributed by atoms with Crippen molar-refractivity contribution in [1.82, 2.24) is 4.90 Å². The molecule has 0 radical (unpaired) electrons. The number of hydrogen-bond acceptors (Lipinski definition) is 2. The average Bonchev–Trinajstić information content (AvgIpc) is 2.47. The van der Waals surface area contributed by atoms with Crippen molar-refractivity contribution in [1.29, 1.82) is 0 Å². The summed E-state index contributed by atoms with van der Waals surface area (Å²) in [6.07, 6.45) is 8.10. The van der Waals surface area contributed by atoms with Crippen LogP contribution in [0.2, 0.25) is 0 Å². The molecule has 0 atom stereocenters. The Labute approximate surface area is 118 Å². The number of hydrogen-bond donors (Lipinski definition) is 1. The zero-order chi connectivity index (χ0) is 13.5. The molecule has 2 nitrogen and oxygen atoms in total. The summed E-state index contributed by atoms with van der Waals surface area (Å²) in [5.74, 6) is 0.817. The predicted molar refractivity (Wildman–Crippen MR) is 82.3 cm³/mol. The van der Waals surface area contributed by atoms with Crippen molar-refractivity contribution < 1.29 is 0 Å². The van der Waals surface area contributed by atoms with Crippen LogP contribution in [0.5, 0.6) is 0 Å². The van der Waals surface area contributed by atoms with Crippen LogP contribution < -0.4 is 5.73 Å². The first-order valence-electron chi connectivity index (χ1n) is 7.77. The van der Waals surface area contributed by atoms with Gasteiger partial charge in [0, 0.05) is 6.54 Å². The molecule has 0 aromatic heterocycles. The molecule has 2 heteroatoms. The molecule has 19 heavy (non-hydrogen) atoms. The molecule has 2 rings (SSSR count). The molecule has 1 fully saturated rings. The molecule has 0 spiro atoms. The fourth-order valence-electron chi connectivity index (χ4n) is 3.08. The third-order valence-electron chi connectivity index (χ3n) is 4.25. The minimum atomic E-state index is 0.783. The SMILES string of the molecule is CN(CCCN)Cc1ccc(C2CCCCC2)cc1. The van der Waals surface area contributed by atoms with E-state index in [1.54, 1.807) is 5.56 Å². The monoisotopic (exact) mass is 260 g/mol. The third kappa shape index (κ3) is 4.63. The van der Waals surface area contributed by atoms with E-state index < -0.39 is 0 Å². The molecule has 1 aliphatic rings.